The number of halogens is 1. The number of hydrogen-bond acceptors (Lipinski definition) is 3. The van der Waals surface area contributed by atoms with E-state index in [1.165, 1.54) is 6.07 Å². The lowest BCUT2D eigenvalue weighted by Gasteiger charge is -2.09. The molecule has 124 valence electrons. The molecule has 1 amide bonds. The molecule has 3 rings (SSSR count). The van der Waals surface area contributed by atoms with E-state index in [4.69, 9.17) is 0 Å². The smallest absolute Gasteiger partial charge is 0.258 e. The normalized spacial score (nSPS) is 11.5. The summed E-state index contributed by atoms with van der Waals surface area (Å²) in [5.41, 5.74) is 3.96. The van der Waals surface area contributed by atoms with Crippen molar-refractivity contribution in [2.24, 2.45) is 0 Å². The fraction of sp³-hybridized carbons (Fsp3) is 0.0625. The minimum absolute atomic E-state index is 0.0531. The standard InChI is InChI=1S/C16H14BrN3O3S/c17-13-6-2-4-8-15(13)24(22,23)20-19-16(21)9-11-10-18-14-7-3-1-5-12(11)14/h1-8,10,18,20H,9H2,(H,19,21). The van der Waals surface area contributed by atoms with Gasteiger partial charge in [0.2, 0.25) is 5.91 Å². The Morgan fingerprint density at radius 3 is 2.58 bits per heavy atom. The molecule has 24 heavy (non-hydrogen) atoms. The van der Waals surface area contributed by atoms with Crippen molar-refractivity contribution in [3.05, 3.63) is 64.8 Å². The molecule has 3 aromatic rings. The van der Waals surface area contributed by atoms with Crippen LogP contribution in [-0.2, 0) is 21.2 Å². The Morgan fingerprint density at radius 1 is 1.08 bits per heavy atom. The molecular weight excluding hydrogens is 394 g/mol. The van der Waals surface area contributed by atoms with Crippen LogP contribution in [0.25, 0.3) is 10.9 Å². The predicted molar refractivity (Wildman–Crippen MR) is 94.6 cm³/mol. The van der Waals surface area contributed by atoms with Gasteiger partial charge in [-0.15, -0.1) is 4.83 Å². The van der Waals surface area contributed by atoms with Gasteiger partial charge in [-0.25, -0.2) is 8.42 Å². The Labute approximate surface area is 147 Å². The number of sulfonamides is 1. The summed E-state index contributed by atoms with van der Waals surface area (Å²) in [4.78, 5) is 17.3. The molecule has 2 aromatic carbocycles. The minimum Gasteiger partial charge on any atom is -0.361 e. The average Bonchev–Trinajstić information content (AvgIpc) is 2.97. The molecule has 3 N–H and O–H groups in total. The maximum atomic E-state index is 12.2. The molecule has 0 radical (unpaired) electrons. The zero-order valence-electron chi connectivity index (χ0n) is 12.4. The highest BCUT2D eigenvalue weighted by Gasteiger charge is 2.18. The summed E-state index contributed by atoms with van der Waals surface area (Å²) in [5, 5.41) is 0.932. The number of fused-ring (bicyclic) bond motifs is 1. The van der Waals surface area contributed by atoms with Gasteiger partial charge in [0.05, 0.1) is 11.3 Å². The Kier molecular flexibility index (Phi) is 4.70. The van der Waals surface area contributed by atoms with E-state index in [2.05, 4.69) is 31.2 Å². The second kappa shape index (κ2) is 6.76. The quantitative estimate of drug-likeness (QED) is 0.567. The molecule has 1 aromatic heterocycles. The first-order chi connectivity index (χ1) is 11.5. The lowest BCUT2D eigenvalue weighted by atomic mass is 10.1. The van der Waals surface area contributed by atoms with Gasteiger partial charge in [0.25, 0.3) is 10.0 Å². The first-order valence-electron chi connectivity index (χ1n) is 7.07. The third-order valence-electron chi connectivity index (χ3n) is 3.48. The number of H-pyrrole nitrogens is 1. The van der Waals surface area contributed by atoms with Gasteiger partial charge < -0.3 is 4.98 Å². The lowest BCUT2D eigenvalue weighted by Crippen LogP contribution is -2.42. The third kappa shape index (κ3) is 3.50. The maximum absolute atomic E-state index is 12.2. The molecular formula is C16H14BrN3O3S. The van der Waals surface area contributed by atoms with E-state index in [-0.39, 0.29) is 11.3 Å². The number of aromatic amines is 1. The van der Waals surface area contributed by atoms with E-state index in [9.17, 15) is 13.2 Å². The third-order valence-corrected chi connectivity index (χ3v) is 5.74. The first-order valence-corrected chi connectivity index (χ1v) is 9.35. The average molecular weight is 408 g/mol. The molecule has 0 spiro atoms. The number of benzene rings is 2. The number of amides is 1. The van der Waals surface area contributed by atoms with Crippen LogP contribution in [0, 0.1) is 0 Å². The van der Waals surface area contributed by atoms with Crippen molar-refractivity contribution >= 4 is 42.8 Å². The van der Waals surface area contributed by atoms with Crippen molar-refractivity contribution in [1.29, 1.82) is 0 Å². The zero-order valence-corrected chi connectivity index (χ0v) is 14.8. The molecule has 0 aliphatic rings. The van der Waals surface area contributed by atoms with Crippen molar-refractivity contribution < 1.29 is 13.2 Å². The zero-order chi connectivity index (χ0) is 17.2. The predicted octanol–water partition coefficient (Wildman–Crippen LogP) is 2.48. The van der Waals surface area contributed by atoms with E-state index >= 15 is 0 Å². The van der Waals surface area contributed by atoms with Crippen molar-refractivity contribution in [2.45, 2.75) is 11.3 Å². The first kappa shape index (κ1) is 16.7. The van der Waals surface area contributed by atoms with E-state index in [1.54, 1.807) is 24.4 Å². The number of hydrogen-bond donors (Lipinski definition) is 3. The molecule has 1 heterocycles. The number of rotatable bonds is 5. The van der Waals surface area contributed by atoms with Crippen molar-refractivity contribution in [3.63, 3.8) is 0 Å². The Morgan fingerprint density at radius 2 is 1.79 bits per heavy atom. The molecule has 0 bridgehead atoms. The van der Waals surface area contributed by atoms with E-state index in [0.717, 1.165) is 16.5 Å². The second-order valence-corrected chi connectivity index (χ2v) is 7.63. The van der Waals surface area contributed by atoms with Crippen molar-refractivity contribution in [2.75, 3.05) is 0 Å². The topological polar surface area (TPSA) is 91.1 Å². The highest BCUT2D eigenvalue weighted by Crippen LogP contribution is 2.20. The molecule has 0 aliphatic heterocycles. The van der Waals surface area contributed by atoms with Gasteiger partial charge in [-0.1, -0.05) is 30.3 Å². The summed E-state index contributed by atoms with van der Waals surface area (Å²) >= 11 is 3.18. The van der Waals surface area contributed by atoms with Crippen LogP contribution in [-0.4, -0.2) is 19.3 Å². The number of aromatic nitrogens is 1. The fourth-order valence-electron chi connectivity index (χ4n) is 2.34. The second-order valence-electron chi connectivity index (χ2n) is 5.12. The van der Waals surface area contributed by atoms with Crippen LogP contribution in [0.1, 0.15) is 5.56 Å². The summed E-state index contributed by atoms with van der Waals surface area (Å²) in [6.45, 7) is 0. The lowest BCUT2D eigenvalue weighted by molar-refractivity contribution is -0.120. The Hall–Kier alpha value is -2.16. The summed E-state index contributed by atoms with van der Waals surface area (Å²) in [6, 6.07) is 14.0. The van der Waals surface area contributed by atoms with E-state index < -0.39 is 15.9 Å². The van der Waals surface area contributed by atoms with Gasteiger partial charge in [0.1, 0.15) is 0 Å². The molecule has 0 unspecified atom stereocenters. The van der Waals surface area contributed by atoms with Gasteiger partial charge in [-0.2, -0.15) is 0 Å². The van der Waals surface area contributed by atoms with Crippen LogP contribution < -0.4 is 10.3 Å². The van der Waals surface area contributed by atoms with Crippen LogP contribution >= 0.6 is 15.9 Å². The summed E-state index contributed by atoms with van der Waals surface area (Å²) in [7, 11) is -3.84. The Balaban J connectivity index is 1.69. The number of carbonyl (C=O) groups is 1. The molecule has 0 saturated heterocycles. The SMILES string of the molecule is O=C(Cc1c[nH]c2ccccc12)NNS(=O)(=O)c1ccccc1Br. The van der Waals surface area contributed by atoms with Crippen molar-refractivity contribution in [3.8, 4) is 0 Å². The molecule has 0 atom stereocenters. The molecule has 0 fully saturated rings. The van der Waals surface area contributed by atoms with Crippen LogP contribution in [0.3, 0.4) is 0 Å². The highest BCUT2D eigenvalue weighted by molar-refractivity contribution is 9.10. The van der Waals surface area contributed by atoms with Crippen LogP contribution in [0.4, 0.5) is 0 Å². The summed E-state index contributed by atoms with van der Waals surface area (Å²) < 4.78 is 24.8. The van der Waals surface area contributed by atoms with Gasteiger partial charge >= 0.3 is 0 Å². The number of nitrogens with one attached hydrogen (secondary N) is 3. The maximum Gasteiger partial charge on any atom is 0.258 e. The highest BCUT2D eigenvalue weighted by atomic mass is 79.9. The number of hydrazine groups is 1. The number of para-hydroxylation sites is 1. The van der Waals surface area contributed by atoms with E-state index in [1.807, 2.05) is 24.3 Å². The van der Waals surface area contributed by atoms with Gasteiger partial charge in [-0.3, -0.25) is 10.2 Å². The summed E-state index contributed by atoms with van der Waals surface area (Å²) in [6.07, 6.45) is 1.80. The number of carbonyl (C=O) groups excluding carboxylic acids is 1. The van der Waals surface area contributed by atoms with Gasteiger partial charge in [-0.05, 0) is 39.7 Å². The Bertz CT molecular complexity index is 998. The minimum atomic E-state index is -3.84. The summed E-state index contributed by atoms with van der Waals surface area (Å²) in [5.74, 6) is -0.449. The largest absolute Gasteiger partial charge is 0.361 e. The van der Waals surface area contributed by atoms with Crippen LogP contribution in [0.15, 0.2) is 64.1 Å². The molecule has 0 saturated carbocycles. The van der Waals surface area contributed by atoms with Gasteiger partial charge in [0, 0.05) is 21.6 Å². The molecule has 6 nitrogen and oxygen atoms in total. The van der Waals surface area contributed by atoms with Crippen molar-refractivity contribution in [1.82, 2.24) is 15.2 Å². The monoisotopic (exact) mass is 407 g/mol. The van der Waals surface area contributed by atoms with Crippen LogP contribution in [0.2, 0.25) is 0 Å². The van der Waals surface area contributed by atoms with Gasteiger partial charge in [0.15, 0.2) is 0 Å². The fourth-order valence-corrected chi connectivity index (χ4v) is 4.20. The molecule has 8 heteroatoms. The van der Waals surface area contributed by atoms with E-state index in [0.29, 0.717) is 4.47 Å². The molecule has 0 aliphatic carbocycles. The van der Waals surface area contributed by atoms with Crippen LogP contribution in [0.5, 0.6) is 0 Å².